The Labute approximate surface area is 133 Å². The van der Waals surface area contributed by atoms with E-state index in [2.05, 4.69) is 41.0 Å². The lowest BCUT2D eigenvalue weighted by molar-refractivity contribution is 0.234. The lowest BCUT2D eigenvalue weighted by Gasteiger charge is -2.24. The highest BCUT2D eigenvalue weighted by atomic mass is 15.3. The average Bonchev–Trinajstić information content (AvgIpc) is 3.06. The maximum Gasteiger partial charge on any atom is 0.0641 e. The van der Waals surface area contributed by atoms with E-state index < -0.39 is 0 Å². The Bertz CT molecular complexity index is 618. The summed E-state index contributed by atoms with van der Waals surface area (Å²) in [5, 5.41) is 4.55. The van der Waals surface area contributed by atoms with Crippen molar-refractivity contribution in [1.29, 1.82) is 0 Å². The first-order valence-electron chi connectivity index (χ1n) is 8.27. The Kier molecular flexibility index (Phi) is 4.57. The van der Waals surface area contributed by atoms with Crippen molar-refractivity contribution in [1.82, 2.24) is 19.7 Å². The van der Waals surface area contributed by atoms with Gasteiger partial charge in [-0.25, -0.2) is 0 Å². The van der Waals surface area contributed by atoms with E-state index in [1.807, 2.05) is 24.1 Å². The summed E-state index contributed by atoms with van der Waals surface area (Å²) < 4.78 is 2.01. The van der Waals surface area contributed by atoms with Crippen LogP contribution in [-0.2, 0) is 20.0 Å². The molecule has 0 spiro atoms. The molecule has 0 aromatic carbocycles. The first kappa shape index (κ1) is 15.2. The highest BCUT2D eigenvalue weighted by Crippen LogP contribution is 2.25. The van der Waals surface area contributed by atoms with Crippen molar-refractivity contribution in [3.05, 3.63) is 47.0 Å². The zero-order valence-electron chi connectivity index (χ0n) is 13.9. The van der Waals surface area contributed by atoms with Gasteiger partial charge in [0.1, 0.15) is 0 Å². The van der Waals surface area contributed by atoms with Crippen LogP contribution in [0.5, 0.6) is 0 Å². The molecule has 1 aliphatic heterocycles. The molecule has 0 unspecified atom stereocenters. The van der Waals surface area contributed by atoms with Crippen LogP contribution < -0.4 is 0 Å². The molecule has 1 atom stereocenters. The molecular formula is C18H26N4. The van der Waals surface area contributed by atoms with Crippen LogP contribution in [0.15, 0.2) is 24.5 Å². The minimum Gasteiger partial charge on any atom is -0.296 e. The Morgan fingerprint density at radius 3 is 2.68 bits per heavy atom. The molecule has 1 fully saturated rings. The monoisotopic (exact) mass is 298 g/mol. The summed E-state index contributed by atoms with van der Waals surface area (Å²) in [6, 6.07) is 4.97. The fourth-order valence-electron chi connectivity index (χ4n) is 3.56. The van der Waals surface area contributed by atoms with E-state index in [4.69, 9.17) is 0 Å². The normalized spacial score (nSPS) is 19.0. The van der Waals surface area contributed by atoms with Gasteiger partial charge in [0.2, 0.25) is 0 Å². The van der Waals surface area contributed by atoms with Crippen LogP contribution in [-0.4, -0.2) is 32.3 Å². The summed E-state index contributed by atoms with van der Waals surface area (Å²) >= 11 is 0. The van der Waals surface area contributed by atoms with E-state index >= 15 is 0 Å². The second kappa shape index (κ2) is 6.61. The Morgan fingerprint density at radius 1 is 1.23 bits per heavy atom. The topological polar surface area (TPSA) is 34.0 Å². The molecule has 0 radical (unpaired) electrons. The lowest BCUT2D eigenvalue weighted by Crippen LogP contribution is -2.29. The third-order valence-corrected chi connectivity index (χ3v) is 5.03. The van der Waals surface area contributed by atoms with Crippen LogP contribution >= 0.6 is 0 Å². The number of pyridine rings is 1. The SMILES string of the molecule is Cc1nn(C)c(C)c1CN1CCC[C@@H]1CCc1ccncc1. The van der Waals surface area contributed by atoms with Gasteiger partial charge in [-0.2, -0.15) is 5.10 Å². The largest absolute Gasteiger partial charge is 0.296 e. The quantitative estimate of drug-likeness (QED) is 0.851. The molecule has 1 aliphatic rings. The van der Waals surface area contributed by atoms with Gasteiger partial charge in [0.05, 0.1) is 5.69 Å². The van der Waals surface area contributed by atoms with Crippen molar-refractivity contribution in [2.24, 2.45) is 7.05 Å². The van der Waals surface area contributed by atoms with Crippen molar-refractivity contribution in [3.8, 4) is 0 Å². The van der Waals surface area contributed by atoms with Crippen LogP contribution in [0.3, 0.4) is 0 Å². The molecule has 2 aromatic rings. The van der Waals surface area contributed by atoms with Gasteiger partial charge < -0.3 is 0 Å². The van der Waals surface area contributed by atoms with Gasteiger partial charge in [-0.05, 0) is 63.8 Å². The van der Waals surface area contributed by atoms with Gasteiger partial charge in [0, 0.05) is 43.3 Å². The summed E-state index contributed by atoms with van der Waals surface area (Å²) in [6.45, 7) is 6.57. The van der Waals surface area contributed by atoms with Crippen LogP contribution in [0.4, 0.5) is 0 Å². The van der Waals surface area contributed by atoms with E-state index in [1.54, 1.807) is 0 Å². The standard InChI is InChI=1S/C18H26N4/c1-14-18(15(2)21(3)20-14)13-22-12-4-5-17(22)7-6-16-8-10-19-11-9-16/h8-11,17H,4-7,12-13H2,1-3H3/t17-/m1/s1. The fraction of sp³-hybridized carbons (Fsp3) is 0.556. The number of nitrogens with zero attached hydrogens (tertiary/aromatic N) is 4. The number of aromatic nitrogens is 3. The molecule has 1 saturated heterocycles. The summed E-state index contributed by atoms with van der Waals surface area (Å²) in [6.07, 6.45) is 8.81. The molecule has 3 heterocycles. The van der Waals surface area contributed by atoms with Crippen LogP contribution in [0.2, 0.25) is 0 Å². The molecule has 4 nitrogen and oxygen atoms in total. The Morgan fingerprint density at radius 2 is 2.00 bits per heavy atom. The predicted molar refractivity (Wildman–Crippen MR) is 88.7 cm³/mol. The summed E-state index contributed by atoms with van der Waals surface area (Å²) in [5.41, 5.74) is 5.30. The van der Waals surface area contributed by atoms with E-state index in [0.29, 0.717) is 6.04 Å². The molecule has 3 rings (SSSR count). The van der Waals surface area contributed by atoms with Crippen LogP contribution in [0, 0.1) is 13.8 Å². The van der Waals surface area contributed by atoms with Crippen LogP contribution in [0.1, 0.15) is 41.8 Å². The lowest BCUT2D eigenvalue weighted by atomic mass is 10.0. The predicted octanol–water partition coefficient (Wildman–Crippen LogP) is 3.03. The average molecular weight is 298 g/mol. The zero-order chi connectivity index (χ0) is 15.5. The number of hydrogen-bond donors (Lipinski definition) is 0. The first-order chi connectivity index (χ1) is 10.6. The van der Waals surface area contributed by atoms with Gasteiger partial charge in [-0.3, -0.25) is 14.6 Å². The maximum absolute atomic E-state index is 4.55. The van der Waals surface area contributed by atoms with E-state index in [1.165, 1.54) is 48.3 Å². The van der Waals surface area contributed by atoms with E-state index in [-0.39, 0.29) is 0 Å². The molecule has 2 aromatic heterocycles. The number of hydrogen-bond acceptors (Lipinski definition) is 3. The first-order valence-corrected chi connectivity index (χ1v) is 8.27. The molecular weight excluding hydrogens is 272 g/mol. The maximum atomic E-state index is 4.55. The number of aryl methyl sites for hydroxylation is 3. The molecule has 4 heteroatoms. The van der Waals surface area contributed by atoms with Crippen molar-refractivity contribution in [2.75, 3.05) is 6.54 Å². The van der Waals surface area contributed by atoms with E-state index in [0.717, 1.165) is 13.0 Å². The molecule has 0 bridgehead atoms. The molecule has 0 saturated carbocycles. The van der Waals surface area contributed by atoms with Crippen molar-refractivity contribution in [3.63, 3.8) is 0 Å². The summed E-state index contributed by atoms with van der Waals surface area (Å²) in [4.78, 5) is 6.75. The minimum absolute atomic E-state index is 0.701. The number of rotatable bonds is 5. The van der Waals surface area contributed by atoms with E-state index in [9.17, 15) is 0 Å². The molecule has 0 aliphatic carbocycles. The van der Waals surface area contributed by atoms with Crippen molar-refractivity contribution >= 4 is 0 Å². The highest BCUT2D eigenvalue weighted by molar-refractivity contribution is 5.24. The summed E-state index contributed by atoms with van der Waals surface area (Å²) in [5.74, 6) is 0. The van der Waals surface area contributed by atoms with Crippen molar-refractivity contribution < 1.29 is 0 Å². The van der Waals surface area contributed by atoms with Gasteiger partial charge in [-0.15, -0.1) is 0 Å². The third kappa shape index (κ3) is 3.22. The summed E-state index contributed by atoms with van der Waals surface area (Å²) in [7, 11) is 2.04. The zero-order valence-corrected chi connectivity index (χ0v) is 13.9. The smallest absolute Gasteiger partial charge is 0.0641 e. The van der Waals surface area contributed by atoms with Gasteiger partial charge in [-0.1, -0.05) is 0 Å². The van der Waals surface area contributed by atoms with Gasteiger partial charge in [0.25, 0.3) is 0 Å². The van der Waals surface area contributed by atoms with Gasteiger partial charge in [0.15, 0.2) is 0 Å². The molecule has 0 N–H and O–H groups in total. The molecule has 118 valence electrons. The highest BCUT2D eigenvalue weighted by Gasteiger charge is 2.25. The fourth-order valence-corrected chi connectivity index (χ4v) is 3.56. The van der Waals surface area contributed by atoms with Gasteiger partial charge >= 0.3 is 0 Å². The van der Waals surface area contributed by atoms with Crippen molar-refractivity contribution in [2.45, 2.75) is 52.1 Å². The second-order valence-electron chi connectivity index (χ2n) is 6.43. The third-order valence-electron chi connectivity index (χ3n) is 5.03. The second-order valence-corrected chi connectivity index (χ2v) is 6.43. The van der Waals surface area contributed by atoms with Crippen LogP contribution in [0.25, 0.3) is 0 Å². The number of likely N-dealkylation sites (tertiary alicyclic amines) is 1. The minimum atomic E-state index is 0.701. The Balaban J connectivity index is 1.63. The molecule has 22 heavy (non-hydrogen) atoms. The Hall–Kier alpha value is -1.68. The molecule has 0 amide bonds.